The molecule has 0 radical (unpaired) electrons. The molecule has 3 aliphatic carbocycles. The first-order valence-corrected chi connectivity index (χ1v) is 10.6. The molecule has 3 saturated carbocycles. The van der Waals surface area contributed by atoms with Gasteiger partial charge in [0.1, 0.15) is 23.1 Å². The van der Waals surface area contributed by atoms with Gasteiger partial charge in [0, 0.05) is 42.4 Å². The summed E-state index contributed by atoms with van der Waals surface area (Å²) in [4.78, 5) is 51.0. The topological polar surface area (TPSA) is 93.4 Å². The Morgan fingerprint density at radius 2 is 1.93 bits per heavy atom. The molecular formula is C23H29NO5. The summed E-state index contributed by atoms with van der Waals surface area (Å²) in [5.74, 6) is 0.720. The third kappa shape index (κ3) is 3.26. The Kier molecular flexibility index (Phi) is 4.99. The van der Waals surface area contributed by atoms with Gasteiger partial charge in [-0.15, -0.1) is 0 Å². The zero-order chi connectivity index (χ0) is 20.8. The van der Waals surface area contributed by atoms with Crippen LogP contribution in [0, 0.1) is 28.6 Å². The van der Waals surface area contributed by atoms with Crippen molar-refractivity contribution in [2.24, 2.45) is 28.6 Å². The molecule has 156 valence electrons. The molecule has 1 amide bonds. The standard InChI is InChI=1S/C23H29NO5/c1-22(10-9-20(28)24-13-14-4-3-11-29-14)18(26)7-5-15-16-6-8-19(27)23(16,2)12-17(25)21(15)22/h3-4,11,15-16,21H,5-10,12-13H2,1-2H3,(H,24,28)/t15?,16?,21?,22-,23?/m0/s1. The van der Waals surface area contributed by atoms with Crippen LogP contribution in [0.15, 0.2) is 22.8 Å². The lowest BCUT2D eigenvalue weighted by atomic mass is 9.48. The Labute approximate surface area is 170 Å². The monoisotopic (exact) mass is 399 g/mol. The summed E-state index contributed by atoms with van der Waals surface area (Å²) in [6.07, 6.45) is 4.82. The molecule has 6 nitrogen and oxygen atoms in total. The van der Waals surface area contributed by atoms with Crippen molar-refractivity contribution in [1.82, 2.24) is 5.32 Å². The minimum absolute atomic E-state index is 0.0375. The molecule has 0 aromatic carbocycles. The number of carbonyl (C=O) groups is 4. The fraction of sp³-hybridized carbons (Fsp3) is 0.652. The van der Waals surface area contributed by atoms with E-state index in [1.54, 1.807) is 18.4 Å². The van der Waals surface area contributed by atoms with Crippen molar-refractivity contribution in [3.63, 3.8) is 0 Å². The number of furan rings is 1. The first-order chi connectivity index (χ1) is 13.8. The molecule has 4 rings (SSSR count). The SMILES string of the molecule is CC12CC(=O)C3C(CCC(=O)[C@]3(C)CCC(=O)NCc3ccco3)C1CCC2=O. The third-order valence-corrected chi connectivity index (χ3v) is 7.91. The summed E-state index contributed by atoms with van der Waals surface area (Å²) in [5.41, 5.74) is -1.38. The van der Waals surface area contributed by atoms with Gasteiger partial charge >= 0.3 is 0 Å². The Morgan fingerprint density at radius 3 is 2.66 bits per heavy atom. The number of hydrogen-bond acceptors (Lipinski definition) is 5. The molecule has 0 saturated heterocycles. The highest BCUT2D eigenvalue weighted by atomic mass is 16.3. The van der Waals surface area contributed by atoms with Crippen LogP contribution in [0.3, 0.4) is 0 Å². The summed E-state index contributed by atoms with van der Waals surface area (Å²) in [5, 5.41) is 2.82. The molecule has 29 heavy (non-hydrogen) atoms. The Balaban J connectivity index is 1.48. The first kappa shape index (κ1) is 20.0. The van der Waals surface area contributed by atoms with Gasteiger partial charge < -0.3 is 9.73 Å². The van der Waals surface area contributed by atoms with E-state index in [0.717, 1.165) is 6.42 Å². The summed E-state index contributed by atoms with van der Waals surface area (Å²) in [6, 6.07) is 3.55. The summed E-state index contributed by atoms with van der Waals surface area (Å²) in [6.45, 7) is 4.12. The predicted molar refractivity (Wildman–Crippen MR) is 105 cm³/mol. The Morgan fingerprint density at radius 1 is 1.17 bits per heavy atom. The van der Waals surface area contributed by atoms with E-state index in [-0.39, 0.29) is 53.9 Å². The lowest BCUT2D eigenvalue weighted by Crippen LogP contribution is -2.56. The highest BCUT2D eigenvalue weighted by Gasteiger charge is 2.62. The van der Waals surface area contributed by atoms with Crippen LogP contribution in [0.25, 0.3) is 0 Å². The fourth-order valence-electron chi connectivity index (χ4n) is 6.26. The van der Waals surface area contributed by atoms with Crippen molar-refractivity contribution in [3.8, 4) is 0 Å². The van der Waals surface area contributed by atoms with Gasteiger partial charge in [-0.1, -0.05) is 13.8 Å². The van der Waals surface area contributed by atoms with Gasteiger partial charge in [0.25, 0.3) is 0 Å². The summed E-state index contributed by atoms with van der Waals surface area (Å²) < 4.78 is 5.22. The van der Waals surface area contributed by atoms with Crippen molar-refractivity contribution in [2.45, 2.75) is 65.3 Å². The van der Waals surface area contributed by atoms with Crippen LogP contribution in [0.1, 0.15) is 64.6 Å². The van der Waals surface area contributed by atoms with Crippen LogP contribution in [0.4, 0.5) is 0 Å². The van der Waals surface area contributed by atoms with Gasteiger partial charge in [0.15, 0.2) is 0 Å². The molecule has 4 unspecified atom stereocenters. The molecule has 3 aliphatic rings. The van der Waals surface area contributed by atoms with Gasteiger partial charge in [-0.3, -0.25) is 19.2 Å². The predicted octanol–water partition coefficient (Wildman–Crippen LogP) is 3.24. The number of fused-ring (bicyclic) bond motifs is 3. The van der Waals surface area contributed by atoms with E-state index in [9.17, 15) is 19.2 Å². The molecule has 6 heteroatoms. The van der Waals surface area contributed by atoms with Crippen LogP contribution in [0.5, 0.6) is 0 Å². The smallest absolute Gasteiger partial charge is 0.220 e. The van der Waals surface area contributed by atoms with E-state index >= 15 is 0 Å². The van der Waals surface area contributed by atoms with E-state index in [2.05, 4.69) is 5.32 Å². The minimum atomic E-state index is -0.824. The summed E-state index contributed by atoms with van der Waals surface area (Å²) in [7, 11) is 0. The van der Waals surface area contributed by atoms with Crippen molar-refractivity contribution in [2.75, 3.05) is 0 Å². The number of rotatable bonds is 5. The second-order valence-corrected chi connectivity index (χ2v) is 9.51. The van der Waals surface area contributed by atoms with Crippen molar-refractivity contribution in [1.29, 1.82) is 0 Å². The highest BCUT2D eigenvalue weighted by molar-refractivity contribution is 5.99. The minimum Gasteiger partial charge on any atom is -0.467 e. The lowest BCUT2D eigenvalue weighted by Gasteiger charge is -2.52. The Bertz CT molecular complexity index is 843. The van der Waals surface area contributed by atoms with Crippen LogP contribution in [-0.2, 0) is 25.7 Å². The molecule has 1 heterocycles. The van der Waals surface area contributed by atoms with Crippen LogP contribution in [-0.4, -0.2) is 23.3 Å². The number of carbonyl (C=O) groups excluding carboxylic acids is 4. The molecule has 0 bridgehead atoms. The maximum Gasteiger partial charge on any atom is 0.220 e. The van der Waals surface area contributed by atoms with Gasteiger partial charge in [0.2, 0.25) is 5.91 Å². The number of nitrogens with one attached hydrogen (secondary N) is 1. The first-order valence-electron chi connectivity index (χ1n) is 10.6. The average Bonchev–Trinajstić information content (AvgIpc) is 3.29. The van der Waals surface area contributed by atoms with Gasteiger partial charge in [-0.25, -0.2) is 0 Å². The lowest BCUT2D eigenvalue weighted by molar-refractivity contribution is -0.160. The number of ketones is 3. The Hall–Kier alpha value is -2.24. The van der Waals surface area contributed by atoms with Crippen LogP contribution in [0.2, 0.25) is 0 Å². The van der Waals surface area contributed by atoms with Gasteiger partial charge in [-0.05, 0) is 43.2 Å². The van der Waals surface area contributed by atoms with Gasteiger partial charge in [-0.2, -0.15) is 0 Å². The molecule has 0 spiro atoms. The van der Waals surface area contributed by atoms with E-state index in [1.165, 1.54) is 0 Å². The maximum atomic E-state index is 13.2. The number of amides is 1. The molecule has 0 aliphatic heterocycles. The fourth-order valence-corrected chi connectivity index (χ4v) is 6.26. The zero-order valence-corrected chi connectivity index (χ0v) is 17.2. The highest BCUT2D eigenvalue weighted by Crippen LogP contribution is 2.60. The van der Waals surface area contributed by atoms with Crippen molar-refractivity contribution in [3.05, 3.63) is 24.2 Å². The van der Waals surface area contributed by atoms with Crippen LogP contribution < -0.4 is 5.32 Å². The van der Waals surface area contributed by atoms with Gasteiger partial charge in [0.05, 0.1) is 12.8 Å². The molecule has 3 fully saturated rings. The second-order valence-electron chi connectivity index (χ2n) is 9.51. The van der Waals surface area contributed by atoms with E-state index in [1.807, 2.05) is 13.8 Å². The van der Waals surface area contributed by atoms with Crippen molar-refractivity contribution >= 4 is 23.3 Å². The summed E-state index contributed by atoms with van der Waals surface area (Å²) >= 11 is 0. The molecule has 1 N–H and O–H groups in total. The number of hydrogen-bond donors (Lipinski definition) is 1. The largest absolute Gasteiger partial charge is 0.467 e. The maximum absolute atomic E-state index is 13.2. The zero-order valence-electron chi connectivity index (χ0n) is 17.2. The normalized spacial score (nSPS) is 36.6. The average molecular weight is 399 g/mol. The van der Waals surface area contributed by atoms with E-state index in [0.29, 0.717) is 38.0 Å². The van der Waals surface area contributed by atoms with E-state index < -0.39 is 10.8 Å². The molecule has 5 atom stereocenters. The molecule has 1 aromatic heterocycles. The molecule has 1 aromatic rings. The van der Waals surface area contributed by atoms with Crippen LogP contribution >= 0.6 is 0 Å². The number of Topliss-reactive ketones (excluding diaryl/α,β-unsaturated/α-hetero) is 3. The van der Waals surface area contributed by atoms with E-state index in [4.69, 9.17) is 4.42 Å². The molecular weight excluding hydrogens is 370 g/mol. The van der Waals surface area contributed by atoms with Crippen molar-refractivity contribution < 1.29 is 23.6 Å². The second kappa shape index (κ2) is 7.22. The third-order valence-electron chi connectivity index (χ3n) is 7.91. The quantitative estimate of drug-likeness (QED) is 0.820.